The predicted octanol–water partition coefficient (Wildman–Crippen LogP) is 5.30. The van der Waals surface area contributed by atoms with Gasteiger partial charge in [0.1, 0.15) is 0 Å². The van der Waals surface area contributed by atoms with Crippen LogP contribution >= 0.6 is 22.7 Å². The molecule has 2 heterocycles. The van der Waals surface area contributed by atoms with E-state index in [0.29, 0.717) is 0 Å². The van der Waals surface area contributed by atoms with Crippen LogP contribution in [-0.2, 0) is 0 Å². The first-order chi connectivity index (χ1) is 11.6. The fourth-order valence-corrected chi connectivity index (χ4v) is 3.54. The van der Waals surface area contributed by atoms with E-state index in [1.54, 1.807) is 22.7 Å². The van der Waals surface area contributed by atoms with Gasteiger partial charge in [-0.2, -0.15) is 10.2 Å². The molecule has 2 aromatic heterocycles. The molecule has 0 aliphatic carbocycles. The summed E-state index contributed by atoms with van der Waals surface area (Å²) >= 11 is 3.17. The maximum absolute atomic E-state index is 4.60. The van der Waals surface area contributed by atoms with Crippen molar-refractivity contribution in [3.63, 3.8) is 0 Å². The van der Waals surface area contributed by atoms with Gasteiger partial charge in [0, 0.05) is 11.4 Å². The zero-order chi connectivity index (χ0) is 17.1. The van der Waals surface area contributed by atoms with Crippen LogP contribution in [0.5, 0.6) is 0 Å². The van der Waals surface area contributed by atoms with Crippen molar-refractivity contribution in [3.05, 3.63) is 12.1 Å². The highest BCUT2D eigenvalue weighted by atomic mass is 32.1. The van der Waals surface area contributed by atoms with E-state index in [0.717, 1.165) is 55.0 Å². The highest BCUT2D eigenvalue weighted by Crippen LogP contribution is 2.33. The van der Waals surface area contributed by atoms with Crippen molar-refractivity contribution in [1.29, 1.82) is 0 Å². The third-order valence-electron chi connectivity index (χ3n) is 3.61. The molecule has 0 amide bonds. The average molecular weight is 361 g/mol. The second-order valence-electron chi connectivity index (χ2n) is 5.45. The molecule has 8 heteroatoms. The predicted molar refractivity (Wildman–Crippen MR) is 107 cm³/mol. The lowest BCUT2D eigenvalue weighted by atomic mass is 10.3. The molecule has 0 bridgehead atoms. The molecular formula is C16H20N6S2. The summed E-state index contributed by atoms with van der Waals surface area (Å²) < 4.78 is 2.19. The third kappa shape index (κ3) is 3.70. The number of hydrazone groups is 2. The summed E-state index contributed by atoms with van der Waals surface area (Å²) in [7, 11) is 0. The molecule has 0 radical (unpaired) electrons. The second-order valence-corrected chi connectivity index (χ2v) is 7.51. The third-order valence-corrected chi connectivity index (χ3v) is 5.45. The minimum atomic E-state index is 0.803. The molecule has 0 spiro atoms. The summed E-state index contributed by atoms with van der Waals surface area (Å²) in [6, 6.07) is 4.14. The van der Waals surface area contributed by atoms with Crippen LogP contribution in [0.4, 0.5) is 10.3 Å². The zero-order valence-electron chi connectivity index (χ0n) is 14.2. The minimum absolute atomic E-state index is 0.803. The van der Waals surface area contributed by atoms with E-state index in [-0.39, 0.29) is 0 Å². The molecule has 0 aliphatic heterocycles. The van der Waals surface area contributed by atoms with E-state index in [2.05, 4.69) is 57.0 Å². The Labute approximate surface area is 148 Å². The molecule has 2 N–H and O–H groups in total. The number of hydrogen-bond donors (Lipinski definition) is 2. The van der Waals surface area contributed by atoms with Gasteiger partial charge < -0.3 is 0 Å². The number of nitrogens with zero attached hydrogens (tertiary/aromatic N) is 4. The average Bonchev–Trinajstić information content (AvgIpc) is 3.17. The molecule has 0 saturated carbocycles. The first-order valence-corrected chi connectivity index (χ1v) is 9.51. The van der Waals surface area contributed by atoms with Gasteiger partial charge in [0.15, 0.2) is 0 Å². The van der Waals surface area contributed by atoms with Crippen LogP contribution in [0.1, 0.15) is 40.5 Å². The monoisotopic (exact) mass is 360 g/mol. The van der Waals surface area contributed by atoms with Crippen molar-refractivity contribution in [1.82, 2.24) is 9.97 Å². The van der Waals surface area contributed by atoms with E-state index < -0.39 is 0 Å². The highest BCUT2D eigenvalue weighted by molar-refractivity contribution is 7.23. The van der Waals surface area contributed by atoms with Crippen LogP contribution < -0.4 is 10.9 Å². The van der Waals surface area contributed by atoms with Crippen molar-refractivity contribution < 1.29 is 0 Å². The summed E-state index contributed by atoms with van der Waals surface area (Å²) in [5, 5.41) is 10.2. The van der Waals surface area contributed by atoms with Crippen molar-refractivity contribution in [2.24, 2.45) is 10.2 Å². The maximum atomic E-state index is 4.60. The minimum Gasteiger partial charge on any atom is -0.253 e. The van der Waals surface area contributed by atoms with E-state index in [9.17, 15) is 0 Å². The van der Waals surface area contributed by atoms with Crippen LogP contribution in [0.2, 0.25) is 0 Å². The van der Waals surface area contributed by atoms with Crippen molar-refractivity contribution in [3.8, 4) is 0 Å². The number of fused-ring (bicyclic) bond motifs is 2. The number of rotatable bonds is 6. The fraction of sp³-hybridized carbons (Fsp3) is 0.375. The smallest absolute Gasteiger partial charge is 0.204 e. The standard InChI is InChI=1S/C16H20N6S2/c1-5-9(3)19-21-15-17-11-7-14-12(8-13(11)23-15)18-16(24-14)22-20-10(4)6-2/h7-8H,5-6H2,1-4H3,(H,17,21)(H,18,22)/b19-9-,20-10+. The Morgan fingerprint density at radius 1 is 0.875 bits per heavy atom. The van der Waals surface area contributed by atoms with Crippen LogP contribution in [0.25, 0.3) is 20.4 Å². The topological polar surface area (TPSA) is 74.6 Å². The second kappa shape index (κ2) is 7.23. The van der Waals surface area contributed by atoms with Crippen LogP contribution in [0.15, 0.2) is 22.3 Å². The lowest BCUT2D eigenvalue weighted by molar-refractivity contribution is 1.20. The summed E-state index contributed by atoms with van der Waals surface area (Å²) in [6.45, 7) is 8.15. The molecule has 0 saturated heterocycles. The van der Waals surface area contributed by atoms with Gasteiger partial charge in [0.05, 0.1) is 20.4 Å². The van der Waals surface area contributed by atoms with E-state index in [4.69, 9.17) is 0 Å². The van der Waals surface area contributed by atoms with Gasteiger partial charge in [0.2, 0.25) is 10.3 Å². The molecule has 1 aromatic carbocycles. The Balaban J connectivity index is 1.87. The maximum Gasteiger partial charge on any atom is 0.204 e. The van der Waals surface area contributed by atoms with Crippen molar-refractivity contribution in [2.45, 2.75) is 40.5 Å². The van der Waals surface area contributed by atoms with Crippen molar-refractivity contribution in [2.75, 3.05) is 10.9 Å². The summed E-state index contributed by atoms with van der Waals surface area (Å²) in [6.07, 6.45) is 1.85. The van der Waals surface area contributed by atoms with Gasteiger partial charge in [-0.15, -0.1) is 0 Å². The number of thiazole rings is 2. The fourth-order valence-electron chi connectivity index (χ4n) is 1.89. The first-order valence-electron chi connectivity index (χ1n) is 7.88. The highest BCUT2D eigenvalue weighted by Gasteiger charge is 2.09. The largest absolute Gasteiger partial charge is 0.253 e. The first kappa shape index (κ1) is 16.8. The SMILES string of the molecule is CC/C(C)=N\Nc1nc2cc3sc(N/N=C(\C)CC)nc3cc2s1. The molecule has 3 aromatic rings. The molecule has 126 valence electrons. The molecule has 0 atom stereocenters. The number of aromatic nitrogens is 2. The van der Waals surface area contributed by atoms with E-state index >= 15 is 0 Å². The molecule has 24 heavy (non-hydrogen) atoms. The molecule has 0 aliphatic rings. The van der Waals surface area contributed by atoms with Crippen LogP contribution in [0.3, 0.4) is 0 Å². The van der Waals surface area contributed by atoms with Gasteiger partial charge >= 0.3 is 0 Å². The van der Waals surface area contributed by atoms with Crippen LogP contribution in [0, 0.1) is 0 Å². The molecule has 0 fully saturated rings. The number of benzene rings is 1. The van der Waals surface area contributed by atoms with Gasteiger partial charge in [-0.3, -0.25) is 10.9 Å². The van der Waals surface area contributed by atoms with E-state index in [1.807, 2.05) is 13.8 Å². The Morgan fingerprint density at radius 2 is 1.29 bits per heavy atom. The summed E-state index contributed by atoms with van der Waals surface area (Å²) in [5.74, 6) is 0. The molecule has 3 rings (SSSR count). The summed E-state index contributed by atoms with van der Waals surface area (Å²) in [5.41, 5.74) is 10.1. The lowest BCUT2D eigenvalue weighted by Gasteiger charge is -1.95. The lowest BCUT2D eigenvalue weighted by Crippen LogP contribution is -1.94. The number of nitrogens with one attached hydrogen (secondary N) is 2. The van der Waals surface area contributed by atoms with Gasteiger partial charge in [-0.1, -0.05) is 36.5 Å². The van der Waals surface area contributed by atoms with Gasteiger partial charge in [-0.25, -0.2) is 9.97 Å². The number of anilines is 2. The number of hydrogen-bond acceptors (Lipinski definition) is 8. The molecule has 0 unspecified atom stereocenters. The van der Waals surface area contributed by atoms with Gasteiger partial charge in [0.25, 0.3) is 0 Å². The quantitative estimate of drug-likeness (QED) is 0.462. The molecular weight excluding hydrogens is 340 g/mol. The Hall–Kier alpha value is -2.06. The van der Waals surface area contributed by atoms with Gasteiger partial charge in [-0.05, 0) is 38.8 Å². The van der Waals surface area contributed by atoms with Crippen molar-refractivity contribution >= 4 is 64.8 Å². The van der Waals surface area contributed by atoms with E-state index in [1.165, 1.54) is 0 Å². The Bertz CT molecular complexity index is 799. The molecule has 6 nitrogen and oxygen atoms in total. The zero-order valence-corrected chi connectivity index (χ0v) is 15.8. The van der Waals surface area contributed by atoms with Crippen LogP contribution in [-0.4, -0.2) is 21.4 Å². The Kier molecular flexibility index (Phi) is 5.06. The normalized spacial score (nSPS) is 13.0. The summed E-state index contributed by atoms with van der Waals surface area (Å²) in [4.78, 5) is 9.19. The Morgan fingerprint density at radius 3 is 1.67 bits per heavy atom.